The fraction of sp³-hybridized carbons (Fsp3) is 0.364. The second kappa shape index (κ2) is 5.29. The largest absolute Gasteiger partial charge is 0.478 e. The van der Waals surface area contributed by atoms with Crippen LogP contribution in [0.5, 0.6) is 5.88 Å². The summed E-state index contributed by atoms with van der Waals surface area (Å²) in [6.07, 6.45) is 3.56. The van der Waals surface area contributed by atoms with Gasteiger partial charge in [0.1, 0.15) is 0 Å². The molecule has 90 valence electrons. The number of aryl methyl sites for hydroxylation is 1. The summed E-state index contributed by atoms with van der Waals surface area (Å²) in [5.41, 5.74) is 0.943. The van der Waals surface area contributed by atoms with Gasteiger partial charge < -0.3 is 10.1 Å². The fourth-order valence-electron chi connectivity index (χ4n) is 1.38. The third-order valence-corrected chi connectivity index (χ3v) is 2.12. The van der Waals surface area contributed by atoms with Crippen molar-refractivity contribution in [1.82, 2.24) is 19.7 Å². The number of nitrogens with one attached hydrogen (secondary N) is 1. The van der Waals surface area contributed by atoms with E-state index in [0.29, 0.717) is 25.0 Å². The van der Waals surface area contributed by atoms with E-state index in [4.69, 9.17) is 4.74 Å². The Morgan fingerprint density at radius 1 is 1.41 bits per heavy atom. The van der Waals surface area contributed by atoms with Crippen molar-refractivity contribution in [2.45, 2.75) is 13.5 Å². The van der Waals surface area contributed by atoms with E-state index in [9.17, 15) is 0 Å². The van der Waals surface area contributed by atoms with Crippen LogP contribution in [0.1, 0.15) is 12.6 Å². The summed E-state index contributed by atoms with van der Waals surface area (Å²) in [6.45, 7) is 3.11. The van der Waals surface area contributed by atoms with Gasteiger partial charge in [0.15, 0.2) is 0 Å². The first kappa shape index (κ1) is 11.4. The van der Waals surface area contributed by atoms with Gasteiger partial charge in [0, 0.05) is 25.5 Å². The van der Waals surface area contributed by atoms with E-state index in [0.717, 1.165) is 5.69 Å². The number of hydrogen-bond acceptors (Lipinski definition) is 5. The van der Waals surface area contributed by atoms with E-state index < -0.39 is 0 Å². The van der Waals surface area contributed by atoms with Crippen LogP contribution in [0.3, 0.4) is 0 Å². The lowest BCUT2D eigenvalue weighted by Gasteiger charge is -2.05. The summed E-state index contributed by atoms with van der Waals surface area (Å²) in [5.74, 6) is 1.12. The number of anilines is 1. The molecule has 0 aliphatic heterocycles. The van der Waals surface area contributed by atoms with Crippen molar-refractivity contribution < 1.29 is 4.74 Å². The Hall–Kier alpha value is -2.11. The first-order chi connectivity index (χ1) is 8.28. The maximum Gasteiger partial charge on any atom is 0.226 e. The van der Waals surface area contributed by atoms with E-state index in [1.165, 1.54) is 0 Å². The van der Waals surface area contributed by atoms with Crippen molar-refractivity contribution >= 4 is 5.95 Å². The molecule has 6 nitrogen and oxygen atoms in total. The van der Waals surface area contributed by atoms with E-state index in [1.54, 1.807) is 16.9 Å². The minimum absolute atomic E-state index is 0.543. The zero-order valence-corrected chi connectivity index (χ0v) is 9.92. The van der Waals surface area contributed by atoms with Crippen molar-refractivity contribution in [2.24, 2.45) is 7.05 Å². The van der Waals surface area contributed by atoms with Crippen molar-refractivity contribution in [3.05, 3.63) is 30.2 Å². The topological polar surface area (TPSA) is 64.9 Å². The Kier molecular flexibility index (Phi) is 3.54. The van der Waals surface area contributed by atoms with Crippen LogP contribution < -0.4 is 10.1 Å². The molecular weight excluding hydrogens is 218 g/mol. The monoisotopic (exact) mass is 233 g/mol. The van der Waals surface area contributed by atoms with E-state index in [1.807, 2.05) is 26.2 Å². The van der Waals surface area contributed by atoms with Gasteiger partial charge in [-0.2, -0.15) is 10.1 Å². The molecule has 0 radical (unpaired) electrons. The van der Waals surface area contributed by atoms with E-state index in [-0.39, 0.29) is 0 Å². The Labute approximate surface area is 99.7 Å². The Bertz CT molecular complexity index is 482. The number of hydrogen-bond donors (Lipinski definition) is 1. The van der Waals surface area contributed by atoms with Crippen LogP contribution >= 0.6 is 0 Å². The minimum Gasteiger partial charge on any atom is -0.478 e. The van der Waals surface area contributed by atoms with Crippen LogP contribution in [-0.2, 0) is 13.6 Å². The molecule has 0 amide bonds. The molecule has 0 saturated carbocycles. The van der Waals surface area contributed by atoms with Gasteiger partial charge in [-0.3, -0.25) is 4.68 Å². The highest BCUT2D eigenvalue weighted by atomic mass is 16.5. The number of ether oxygens (including phenoxy) is 1. The van der Waals surface area contributed by atoms with Crippen LogP contribution in [0.2, 0.25) is 0 Å². The lowest BCUT2D eigenvalue weighted by atomic mass is 10.4. The smallest absolute Gasteiger partial charge is 0.226 e. The van der Waals surface area contributed by atoms with Crippen molar-refractivity contribution in [2.75, 3.05) is 11.9 Å². The molecule has 0 fully saturated rings. The number of rotatable bonds is 5. The van der Waals surface area contributed by atoms with Gasteiger partial charge >= 0.3 is 0 Å². The maximum atomic E-state index is 5.29. The molecule has 1 N–H and O–H groups in total. The molecule has 0 aliphatic rings. The molecule has 0 aliphatic carbocycles. The lowest BCUT2D eigenvalue weighted by molar-refractivity contribution is 0.326. The lowest BCUT2D eigenvalue weighted by Crippen LogP contribution is -2.05. The molecule has 0 saturated heterocycles. The SMILES string of the molecule is CCOc1ccnc(NCc2ccn(C)n2)n1. The summed E-state index contributed by atoms with van der Waals surface area (Å²) in [4.78, 5) is 8.31. The van der Waals surface area contributed by atoms with Crippen LogP contribution in [0.15, 0.2) is 24.5 Å². The third kappa shape index (κ3) is 3.17. The highest BCUT2D eigenvalue weighted by molar-refractivity contribution is 5.28. The Balaban J connectivity index is 1.96. The standard InChI is InChI=1S/C11H15N5O/c1-3-17-10-4-6-12-11(14-10)13-8-9-5-7-16(2)15-9/h4-7H,3,8H2,1-2H3,(H,12,13,14). The summed E-state index contributed by atoms with van der Waals surface area (Å²) < 4.78 is 7.05. The van der Waals surface area contributed by atoms with Crippen molar-refractivity contribution in [1.29, 1.82) is 0 Å². The number of aromatic nitrogens is 4. The average Bonchev–Trinajstić information content (AvgIpc) is 2.74. The first-order valence-corrected chi connectivity index (χ1v) is 5.46. The summed E-state index contributed by atoms with van der Waals surface area (Å²) in [7, 11) is 1.88. The van der Waals surface area contributed by atoms with Crippen LogP contribution in [0, 0.1) is 0 Å². The van der Waals surface area contributed by atoms with Gasteiger partial charge in [-0.1, -0.05) is 0 Å². The fourth-order valence-corrected chi connectivity index (χ4v) is 1.38. The molecule has 17 heavy (non-hydrogen) atoms. The molecule has 2 aromatic rings. The van der Waals surface area contributed by atoms with E-state index in [2.05, 4.69) is 20.4 Å². The molecule has 0 atom stereocenters. The van der Waals surface area contributed by atoms with Crippen LogP contribution in [0.25, 0.3) is 0 Å². The zero-order valence-electron chi connectivity index (χ0n) is 9.92. The highest BCUT2D eigenvalue weighted by Gasteiger charge is 2.01. The Morgan fingerprint density at radius 2 is 2.29 bits per heavy atom. The average molecular weight is 233 g/mol. The highest BCUT2D eigenvalue weighted by Crippen LogP contribution is 2.08. The second-order valence-electron chi connectivity index (χ2n) is 3.49. The van der Waals surface area contributed by atoms with Gasteiger partial charge in [-0.15, -0.1) is 0 Å². The molecule has 0 spiro atoms. The Morgan fingerprint density at radius 3 is 3.00 bits per heavy atom. The zero-order chi connectivity index (χ0) is 12.1. The molecule has 2 rings (SSSR count). The predicted octanol–water partition coefficient (Wildman–Crippen LogP) is 1.22. The molecule has 2 heterocycles. The maximum absolute atomic E-state index is 5.29. The molecule has 0 bridgehead atoms. The minimum atomic E-state index is 0.543. The summed E-state index contributed by atoms with van der Waals surface area (Å²) in [5, 5.41) is 7.35. The van der Waals surface area contributed by atoms with Crippen molar-refractivity contribution in [3.8, 4) is 5.88 Å². The van der Waals surface area contributed by atoms with Crippen LogP contribution in [0.4, 0.5) is 5.95 Å². The first-order valence-electron chi connectivity index (χ1n) is 5.46. The molecule has 0 aromatic carbocycles. The normalized spacial score (nSPS) is 10.2. The summed E-state index contributed by atoms with van der Waals surface area (Å²) >= 11 is 0. The molecule has 6 heteroatoms. The molecule has 2 aromatic heterocycles. The molecular formula is C11H15N5O. The van der Waals surface area contributed by atoms with Gasteiger partial charge in [0.05, 0.1) is 18.8 Å². The third-order valence-electron chi connectivity index (χ3n) is 2.12. The van der Waals surface area contributed by atoms with Gasteiger partial charge in [-0.25, -0.2) is 4.98 Å². The number of nitrogens with zero attached hydrogens (tertiary/aromatic N) is 4. The second-order valence-corrected chi connectivity index (χ2v) is 3.49. The van der Waals surface area contributed by atoms with Gasteiger partial charge in [0.2, 0.25) is 11.8 Å². The molecule has 0 unspecified atom stereocenters. The van der Waals surface area contributed by atoms with E-state index >= 15 is 0 Å². The quantitative estimate of drug-likeness (QED) is 0.841. The predicted molar refractivity (Wildman–Crippen MR) is 63.7 cm³/mol. The van der Waals surface area contributed by atoms with Gasteiger partial charge in [-0.05, 0) is 13.0 Å². The summed E-state index contributed by atoms with van der Waals surface area (Å²) in [6, 6.07) is 3.68. The van der Waals surface area contributed by atoms with Crippen LogP contribution in [-0.4, -0.2) is 26.4 Å². The van der Waals surface area contributed by atoms with Gasteiger partial charge in [0.25, 0.3) is 0 Å². The van der Waals surface area contributed by atoms with Crippen molar-refractivity contribution in [3.63, 3.8) is 0 Å².